The highest BCUT2D eigenvalue weighted by Gasteiger charge is 2.40. The monoisotopic (exact) mass is 369 g/mol. The Morgan fingerprint density at radius 1 is 1.22 bits per heavy atom. The maximum absolute atomic E-state index is 12.8. The van der Waals surface area contributed by atoms with Crippen molar-refractivity contribution in [3.8, 4) is 17.1 Å². The summed E-state index contributed by atoms with van der Waals surface area (Å²) in [5.41, 5.74) is 0.801. The average Bonchev–Trinajstić information content (AvgIpc) is 3.20. The first-order chi connectivity index (χ1) is 13.1. The van der Waals surface area contributed by atoms with Crippen LogP contribution in [0.15, 0.2) is 40.8 Å². The average molecular weight is 369 g/mol. The van der Waals surface area contributed by atoms with E-state index in [2.05, 4.69) is 5.32 Å². The van der Waals surface area contributed by atoms with Gasteiger partial charge >= 0.3 is 0 Å². The molecule has 1 N–H and O–H groups in total. The van der Waals surface area contributed by atoms with Crippen LogP contribution in [0.5, 0.6) is 5.75 Å². The molecule has 0 saturated carbocycles. The van der Waals surface area contributed by atoms with Crippen molar-refractivity contribution >= 4 is 17.7 Å². The van der Waals surface area contributed by atoms with Gasteiger partial charge in [0.25, 0.3) is 5.91 Å². The molecule has 2 aliphatic rings. The summed E-state index contributed by atoms with van der Waals surface area (Å²) in [6.07, 6.45) is 0. The number of benzene rings is 1. The fraction of sp³-hybridized carbons (Fsp3) is 0.316. The molecule has 0 unspecified atom stereocenters. The zero-order valence-corrected chi connectivity index (χ0v) is 14.8. The summed E-state index contributed by atoms with van der Waals surface area (Å²) in [4.78, 5) is 39.8. The molecular formula is C19H19N3O5. The number of hydrogen-bond acceptors (Lipinski definition) is 5. The van der Waals surface area contributed by atoms with Crippen LogP contribution >= 0.6 is 0 Å². The molecular weight excluding hydrogens is 350 g/mol. The molecule has 2 fully saturated rings. The molecule has 140 valence electrons. The Balaban J connectivity index is 1.51. The minimum atomic E-state index is -0.642. The molecule has 0 radical (unpaired) electrons. The van der Waals surface area contributed by atoms with Gasteiger partial charge in [0.15, 0.2) is 5.76 Å². The van der Waals surface area contributed by atoms with Gasteiger partial charge in [-0.25, -0.2) is 0 Å². The Morgan fingerprint density at radius 3 is 2.89 bits per heavy atom. The molecule has 2 aromatic rings. The van der Waals surface area contributed by atoms with E-state index in [1.54, 1.807) is 24.1 Å². The first kappa shape index (κ1) is 17.1. The summed E-state index contributed by atoms with van der Waals surface area (Å²) < 4.78 is 10.9. The number of furan rings is 1. The smallest absolute Gasteiger partial charge is 0.289 e. The lowest BCUT2D eigenvalue weighted by atomic mass is 10.1. The molecule has 8 nitrogen and oxygen atoms in total. The van der Waals surface area contributed by atoms with Gasteiger partial charge in [0.1, 0.15) is 17.6 Å². The number of nitrogens with zero attached hydrogens (tertiary/aromatic N) is 2. The first-order valence-corrected chi connectivity index (χ1v) is 8.67. The number of hydrogen-bond donors (Lipinski definition) is 1. The van der Waals surface area contributed by atoms with Crippen LogP contribution in [0.1, 0.15) is 10.6 Å². The first-order valence-electron chi connectivity index (χ1n) is 8.67. The lowest BCUT2D eigenvalue weighted by Crippen LogP contribution is -2.66. The number of carbonyl (C=O) groups is 3. The number of nitrogens with one attached hydrogen (secondary N) is 1. The van der Waals surface area contributed by atoms with Crippen molar-refractivity contribution in [3.63, 3.8) is 0 Å². The maximum Gasteiger partial charge on any atom is 0.289 e. The lowest BCUT2D eigenvalue weighted by Gasteiger charge is -2.42. The van der Waals surface area contributed by atoms with Crippen molar-refractivity contribution < 1.29 is 23.5 Å². The molecule has 2 saturated heterocycles. The molecule has 2 aliphatic heterocycles. The standard InChI is InChI=1S/C19H19N3O5/c1-26-13-4-2-3-12(9-13)15-5-6-16(27-15)19(25)21-7-8-22-14(11-21)18(24)20-10-17(22)23/h2-6,9,14H,7-8,10-11H2,1H3,(H,20,24)/t14-/m1/s1. The summed E-state index contributed by atoms with van der Waals surface area (Å²) in [7, 11) is 1.59. The summed E-state index contributed by atoms with van der Waals surface area (Å²) in [6, 6.07) is 10.1. The van der Waals surface area contributed by atoms with E-state index < -0.39 is 6.04 Å². The Kier molecular flexibility index (Phi) is 4.31. The summed E-state index contributed by atoms with van der Waals surface area (Å²) in [6.45, 7) is 0.882. The van der Waals surface area contributed by atoms with E-state index in [1.165, 1.54) is 4.90 Å². The fourth-order valence-corrected chi connectivity index (χ4v) is 3.41. The molecule has 3 heterocycles. The molecule has 8 heteroatoms. The largest absolute Gasteiger partial charge is 0.497 e. The van der Waals surface area contributed by atoms with E-state index >= 15 is 0 Å². The Hall–Kier alpha value is -3.29. The minimum Gasteiger partial charge on any atom is -0.497 e. The second kappa shape index (κ2) is 6.79. The Morgan fingerprint density at radius 2 is 2.07 bits per heavy atom. The molecule has 0 aliphatic carbocycles. The number of piperazine rings is 2. The Labute approximate surface area is 155 Å². The molecule has 1 aromatic heterocycles. The topological polar surface area (TPSA) is 92.1 Å². The number of ether oxygens (including phenoxy) is 1. The summed E-state index contributed by atoms with van der Waals surface area (Å²) in [5.74, 6) is 0.800. The molecule has 0 spiro atoms. The number of fused-ring (bicyclic) bond motifs is 1. The van der Waals surface area contributed by atoms with Crippen LogP contribution in [0.3, 0.4) is 0 Å². The van der Waals surface area contributed by atoms with E-state index in [-0.39, 0.29) is 36.6 Å². The third-order valence-electron chi connectivity index (χ3n) is 4.88. The van der Waals surface area contributed by atoms with Crippen LogP contribution in [0.4, 0.5) is 0 Å². The van der Waals surface area contributed by atoms with Crippen LogP contribution < -0.4 is 10.1 Å². The molecule has 3 amide bonds. The van der Waals surface area contributed by atoms with Gasteiger partial charge in [0.2, 0.25) is 11.8 Å². The number of methoxy groups -OCH3 is 1. The van der Waals surface area contributed by atoms with Gasteiger partial charge in [-0.1, -0.05) is 12.1 Å². The van der Waals surface area contributed by atoms with Crippen LogP contribution in [0.25, 0.3) is 11.3 Å². The summed E-state index contributed by atoms with van der Waals surface area (Å²) in [5, 5.41) is 2.56. The van der Waals surface area contributed by atoms with Gasteiger partial charge < -0.3 is 24.3 Å². The fourth-order valence-electron chi connectivity index (χ4n) is 3.41. The van der Waals surface area contributed by atoms with Crippen molar-refractivity contribution in [1.82, 2.24) is 15.1 Å². The van der Waals surface area contributed by atoms with E-state index in [9.17, 15) is 14.4 Å². The van der Waals surface area contributed by atoms with Crippen molar-refractivity contribution in [3.05, 3.63) is 42.2 Å². The van der Waals surface area contributed by atoms with Gasteiger partial charge in [0, 0.05) is 18.7 Å². The summed E-state index contributed by atoms with van der Waals surface area (Å²) >= 11 is 0. The van der Waals surface area contributed by atoms with E-state index in [0.717, 1.165) is 5.56 Å². The van der Waals surface area contributed by atoms with Crippen molar-refractivity contribution in [2.45, 2.75) is 6.04 Å². The van der Waals surface area contributed by atoms with Crippen molar-refractivity contribution in [1.29, 1.82) is 0 Å². The third-order valence-corrected chi connectivity index (χ3v) is 4.88. The lowest BCUT2D eigenvalue weighted by molar-refractivity contribution is -0.148. The SMILES string of the molecule is COc1cccc(-c2ccc(C(=O)N3CCN4C(=O)CNC(=O)[C@H]4C3)o2)c1. The van der Waals surface area contributed by atoms with Crippen LogP contribution in [0.2, 0.25) is 0 Å². The quantitative estimate of drug-likeness (QED) is 0.862. The predicted octanol–water partition coefficient (Wildman–Crippen LogP) is 0.738. The van der Waals surface area contributed by atoms with Crippen LogP contribution in [-0.2, 0) is 9.59 Å². The number of amides is 3. The molecule has 0 bridgehead atoms. The van der Waals surface area contributed by atoms with Crippen molar-refractivity contribution in [2.24, 2.45) is 0 Å². The Bertz CT molecular complexity index is 906. The minimum absolute atomic E-state index is 0.0192. The zero-order valence-electron chi connectivity index (χ0n) is 14.8. The molecule has 27 heavy (non-hydrogen) atoms. The molecule has 1 atom stereocenters. The molecule has 1 aromatic carbocycles. The highest BCUT2D eigenvalue weighted by molar-refractivity contribution is 5.97. The van der Waals surface area contributed by atoms with Crippen LogP contribution in [-0.4, -0.2) is 66.9 Å². The van der Waals surface area contributed by atoms with Gasteiger partial charge in [-0.15, -0.1) is 0 Å². The third kappa shape index (κ3) is 3.14. The second-order valence-corrected chi connectivity index (χ2v) is 6.47. The highest BCUT2D eigenvalue weighted by Crippen LogP contribution is 2.26. The normalized spacial score (nSPS) is 19.5. The number of carbonyl (C=O) groups excluding carboxylic acids is 3. The van der Waals surface area contributed by atoms with E-state index in [1.807, 2.05) is 24.3 Å². The number of rotatable bonds is 3. The maximum atomic E-state index is 12.8. The highest BCUT2D eigenvalue weighted by atomic mass is 16.5. The predicted molar refractivity (Wildman–Crippen MR) is 95.1 cm³/mol. The van der Waals surface area contributed by atoms with Gasteiger partial charge in [0.05, 0.1) is 20.2 Å². The zero-order chi connectivity index (χ0) is 19.0. The van der Waals surface area contributed by atoms with Crippen molar-refractivity contribution in [2.75, 3.05) is 33.3 Å². The van der Waals surface area contributed by atoms with E-state index in [4.69, 9.17) is 9.15 Å². The van der Waals surface area contributed by atoms with Gasteiger partial charge in [-0.3, -0.25) is 14.4 Å². The van der Waals surface area contributed by atoms with Gasteiger partial charge in [-0.2, -0.15) is 0 Å². The van der Waals surface area contributed by atoms with E-state index in [0.29, 0.717) is 24.6 Å². The van der Waals surface area contributed by atoms with Crippen LogP contribution in [0, 0.1) is 0 Å². The van der Waals surface area contributed by atoms with Gasteiger partial charge in [-0.05, 0) is 24.3 Å². The molecule has 4 rings (SSSR count). The second-order valence-electron chi connectivity index (χ2n) is 6.47.